The van der Waals surface area contributed by atoms with Crippen LogP contribution in [0.2, 0.25) is 0 Å². The van der Waals surface area contributed by atoms with Crippen molar-refractivity contribution in [3.05, 3.63) is 24.3 Å². The van der Waals surface area contributed by atoms with Gasteiger partial charge in [0.1, 0.15) is 0 Å². The minimum Gasteiger partial charge on any atom is -0.336 e. The molecule has 0 spiro atoms. The van der Waals surface area contributed by atoms with Gasteiger partial charge in [0.05, 0.1) is 0 Å². The van der Waals surface area contributed by atoms with Gasteiger partial charge >= 0.3 is 6.03 Å². The molecule has 1 aromatic carbocycles. The van der Waals surface area contributed by atoms with Crippen LogP contribution < -0.4 is 20.9 Å². The van der Waals surface area contributed by atoms with Crippen molar-refractivity contribution in [3.8, 4) is 0 Å². The fourth-order valence-corrected chi connectivity index (χ4v) is 3.58. The van der Waals surface area contributed by atoms with Crippen molar-refractivity contribution < 1.29 is 9.59 Å². The van der Waals surface area contributed by atoms with E-state index in [9.17, 15) is 9.59 Å². The highest BCUT2D eigenvalue weighted by atomic mass is 35.5. The number of hydrogen-bond acceptors (Lipinski definition) is 4. The Labute approximate surface area is 146 Å². The molecule has 3 rings (SSSR count). The van der Waals surface area contributed by atoms with Crippen LogP contribution in [0.5, 0.6) is 0 Å². The Morgan fingerprint density at radius 2 is 2.09 bits per heavy atom. The highest BCUT2D eigenvalue weighted by Crippen LogP contribution is 2.20. The third kappa shape index (κ3) is 4.76. The molecule has 126 valence electrons. The minimum absolute atomic E-state index is 0. The summed E-state index contributed by atoms with van der Waals surface area (Å²) in [5, 5.41) is 9.03. The molecule has 0 bridgehead atoms. The van der Waals surface area contributed by atoms with Crippen molar-refractivity contribution in [2.45, 2.75) is 12.5 Å². The topological polar surface area (TPSA) is 73.5 Å². The quantitative estimate of drug-likeness (QED) is 0.767. The first-order valence-corrected chi connectivity index (χ1v) is 8.64. The molecule has 0 aliphatic carbocycles. The van der Waals surface area contributed by atoms with Gasteiger partial charge in [-0.1, -0.05) is 0 Å². The van der Waals surface area contributed by atoms with Crippen molar-refractivity contribution in [2.75, 3.05) is 41.4 Å². The van der Waals surface area contributed by atoms with Crippen molar-refractivity contribution in [3.63, 3.8) is 0 Å². The molecule has 1 atom stereocenters. The summed E-state index contributed by atoms with van der Waals surface area (Å²) in [6.07, 6.45) is 0.489. The van der Waals surface area contributed by atoms with Gasteiger partial charge in [0.15, 0.2) is 0 Å². The first kappa shape index (κ1) is 17.9. The number of halogens is 1. The third-order valence-electron chi connectivity index (χ3n) is 3.75. The lowest BCUT2D eigenvalue weighted by Gasteiger charge is -2.22. The third-order valence-corrected chi connectivity index (χ3v) is 4.88. The molecule has 2 aliphatic rings. The Balaban J connectivity index is 0.00000192. The average Bonchev–Trinajstić information content (AvgIpc) is 2.95. The van der Waals surface area contributed by atoms with E-state index in [0.29, 0.717) is 19.5 Å². The molecular formula is C15H21ClN4O2S. The Hall–Kier alpha value is -1.44. The van der Waals surface area contributed by atoms with Gasteiger partial charge in [0, 0.05) is 55.0 Å². The molecular weight excluding hydrogens is 336 g/mol. The number of carbonyl (C=O) groups is 2. The van der Waals surface area contributed by atoms with Gasteiger partial charge in [-0.3, -0.25) is 9.69 Å². The lowest BCUT2D eigenvalue weighted by Crippen LogP contribution is -2.39. The Bertz CT molecular complexity index is 549. The first-order valence-electron chi connectivity index (χ1n) is 7.49. The van der Waals surface area contributed by atoms with Crippen LogP contribution in [0.25, 0.3) is 0 Å². The van der Waals surface area contributed by atoms with Crippen LogP contribution >= 0.6 is 24.2 Å². The highest BCUT2D eigenvalue weighted by Gasteiger charge is 2.21. The molecule has 8 heteroatoms. The summed E-state index contributed by atoms with van der Waals surface area (Å²) in [6.45, 7) is 2.31. The summed E-state index contributed by atoms with van der Waals surface area (Å²) in [5.41, 5.74) is 1.61. The largest absolute Gasteiger partial charge is 0.336 e. The Morgan fingerprint density at radius 3 is 2.70 bits per heavy atom. The average molecular weight is 357 g/mol. The van der Waals surface area contributed by atoms with Crippen LogP contribution in [-0.4, -0.2) is 49.1 Å². The number of nitrogens with zero attached hydrogens (tertiary/aromatic N) is 1. The van der Waals surface area contributed by atoms with Crippen LogP contribution in [-0.2, 0) is 4.79 Å². The molecule has 0 saturated carbocycles. The van der Waals surface area contributed by atoms with E-state index in [-0.39, 0.29) is 30.4 Å². The summed E-state index contributed by atoms with van der Waals surface area (Å²) in [6, 6.07) is 7.57. The number of rotatable bonds is 4. The number of anilines is 2. The van der Waals surface area contributed by atoms with Crippen LogP contribution in [0.4, 0.5) is 16.2 Å². The van der Waals surface area contributed by atoms with Crippen LogP contribution in [0.15, 0.2) is 24.3 Å². The first-order chi connectivity index (χ1) is 10.7. The normalized spacial score (nSPS) is 20.6. The number of nitrogens with one attached hydrogen (secondary N) is 3. The van der Waals surface area contributed by atoms with E-state index in [4.69, 9.17) is 0 Å². The summed E-state index contributed by atoms with van der Waals surface area (Å²) >= 11 is 1.88. The van der Waals surface area contributed by atoms with Crippen molar-refractivity contribution in [1.82, 2.24) is 10.6 Å². The molecule has 2 saturated heterocycles. The molecule has 23 heavy (non-hydrogen) atoms. The second kappa shape index (κ2) is 8.42. The zero-order valence-corrected chi connectivity index (χ0v) is 14.3. The Kier molecular flexibility index (Phi) is 6.56. The molecule has 2 fully saturated rings. The fourth-order valence-electron chi connectivity index (χ4n) is 2.63. The number of hydrogen-bond donors (Lipinski definition) is 3. The predicted octanol–water partition coefficient (Wildman–Crippen LogP) is 1.67. The van der Waals surface area contributed by atoms with Crippen molar-refractivity contribution >= 4 is 47.5 Å². The monoisotopic (exact) mass is 356 g/mol. The second-order valence-corrected chi connectivity index (χ2v) is 6.56. The molecule has 3 amide bonds. The summed E-state index contributed by atoms with van der Waals surface area (Å²) in [7, 11) is 0. The van der Waals surface area contributed by atoms with E-state index >= 15 is 0 Å². The SMILES string of the molecule is Cl.O=C(CC1CSCCN1)Nc1ccc(N2CCNC2=O)cc1. The molecule has 0 radical (unpaired) electrons. The maximum Gasteiger partial charge on any atom is 0.321 e. The molecule has 1 unspecified atom stereocenters. The van der Waals surface area contributed by atoms with E-state index < -0.39 is 0 Å². The predicted molar refractivity (Wildman–Crippen MR) is 96.8 cm³/mol. The number of thioether (sulfide) groups is 1. The van der Waals surface area contributed by atoms with Gasteiger partial charge in [-0.15, -0.1) is 12.4 Å². The van der Waals surface area contributed by atoms with Crippen molar-refractivity contribution in [1.29, 1.82) is 0 Å². The zero-order valence-electron chi connectivity index (χ0n) is 12.7. The summed E-state index contributed by atoms with van der Waals surface area (Å²) in [4.78, 5) is 25.3. The maximum atomic E-state index is 12.0. The van der Waals surface area contributed by atoms with E-state index in [2.05, 4.69) is 16.0 Å². The highest BCUT2D eigenvalue weighted by molar-refractivity contribution is 7.99. The van der Waals surface area contributed by atoms with Gasteiger partial charge in [-0.05, 0) is 24.3 Å². The fraction of sp³-hybridized carbons (Fsp3) is 0.467. The lowest BCUT2D eigenvalue weighted by molar-refractivity contribution is -0.116. The van der Waals surface area contributed by atoms with Crippen LogP contribution in [0, 0.1) is 0 Å². The summed E-state index contributed by atoms with van der Waals surface area (Å²) < 4.78 is 0. The van der Waals surface area contributed by atoms with Gasteiger partial charge < -0.3 is 16.0 Å². The molecule has 0 aromatic heterocycles. The minimum atomic E-state index is -0.0716. The number of urea groups is 1. The number of carbonyl (C=O) groups excluding carboxylic acids is 2. The molecule has 6 nitrogen and oxygen atoms in total. The molecule has 3 N–H and O–H groups in total. The van der Waals surface area contributed by atoms with E-state index in [0.717, 1.165) is 29.4 Å². The molecule has 2 heterocycles. The van der Waals surface area contributed by atoms with Crippen molar-refractivity contribution in [2.24, 2.45) is 0 Å². The Morgan fingerprint density at radius 1 is 1.30 bits per heavy atom. The standard InChI is InChI=1S/C15H20N4O2S.ClH/c20-14(9-12-10-22-8-6-16-12)18-11-1-3-13(4-2-11)19-7-5-17-15(19)21;/h1-4,12,16H,5-10H2,(H,17,21)(H,18,20);1H. The lowest BCUT2D eigenvalue weighted by atomic mass is 10.2. The van der Waals surface area contributed by atoms with Gasteiger partial charge in [0.25, 0.3) is 0 Å². The summed E-state index contributed by atoms with van der Waals surface area (Å²) in [5.74, 6) is 2.12. The van der Waals surface area contributed by atoms with Crippen LogP contribution in [0.3, 0.4) is 0 Å². The van der Waals surface area contributed by atoms with Crippen LogP contribution in [0.1, 0.15) is 6.42 Å². The van der Waals surface area contributed by atoms with E-state index in [1.54, 1.807) is 4.90 Å². The van der Waals surface area contributed by atoms with E-state index in [1.165, 1.54) is 0 Å². The van der Waals surface area contributed by atoms with Gasteiger partial charge in [0.2, 0.25) is 5.91 Å². The number of amides is 3. The second-order valence-electron chi connectivity index (χ2n) is 5.41. The van der Waals surface area contributed by atoms with Gasteiger partial charge in [-0.25, -0.2) is 4.79 Å². The molecule has 2 aliphatic heterocycles. The van der Waals surface area contributed by atoms with Gasteiger partial charge in [-0.2, -0.15) is 11.8 Å². The molecule has 1 aromatic rings. The zero-order chi connectivity index (χ0) is 15.4. The number of benzene rings is 1. The van der Waals surface area contributed by atoms with E-state index in [1.807, 2.05) is 36.0 Å². The smallest absolute Gasteiger partial charge is 0.321 e. The maximum absolute atomic E-state index is 12.0.